The van der Waals surface area contributed by atoms with Crippen molar-refractivity contribution in [3.8, 4) is 0 Å². The second kappa shape index (κ2) is 7.21. The number of hydrogen-bond donors (Lipinski definition) is 1. The summed E-state index contributed by atoms with van der Waals surface area (Å²) < 4.78 is 0.727. The molecule has 0 aromatic carbocycles. The standard InChI is InChI=1S/C11H12ClN3OS2.ClH/c1-15(5-7-2-3-9(12)18-7)11(16)8-6-17-10(4-13)14-8;/h2-3,6H,4-5,13H2,1H3;1H. The SMILES string of the molecule is CN(Cc1ccc(Cl)s1)C(=O)c1csc(CN)n1.Cl. The average molecular weight is 338 g/mol. The number of thiophene rings is 1. The van der Waals surface area contributed by atoms with Gasteiger partial charge in [0.2, 0.25) is 0 Å². The Morgan fingerprint density at radius 2 is 2.26 bits per heavy atom. The van der Waals surface area contributed by atoms with Gasteiger partial charge in [-0.25, -0.2) is 4.98 Å². The van der Waals surface area contributed by atoms with Crippen molar-refractivity contribution in [1.82, 2.24) is 9.88 Å². The summed E-state index contributed by atoms with van der Waals surface area (Å²) in [5.74, 6) is -0.101. The first-order chi connectivity index (χ1) is 8.60. The van der Waals surface area contributed by atoms with Gasteiger partial charge in [-0.1, -0.05) is 11.6 Å². The number of aromatic nitrogens is 1. The fourth-order valence-corrected chi connectivity index (χ4v) is 3.23. The van der Waals surface area contributed by atoms with Gasteiger partial charge in [0.05, 0.1) is 10.9 Å². The first-order valence-corrected chi connectivity index (χ1v) is 7.31. The van der Waals surface area contributed by atoms with Gasteiger partial charge in [-0.15, -0.1) is 35.1 Å². The Hall–Kier alpha value is -0.660. The van der Waals surface area contributed by atoms with Crippen LogP contribution in [-0.2, 0) is 13.1 Å². The van der Waals surface area contributed by atoms with Gasteiger partial charge in [0.25, 0.3) is 5.91 Å². The molecule has 0 bridgehead atoms. The van der Waals surface area contributed by atoms with E-state index in [9.17, 15) is 4.79 Å². The van der Waals surface area contributed by atoms with Crippen LogP contribution >= 0.6 is 46.7 Å². The van der Waals surface area contributed by atoms with Crippen molar-refractivity contribution in [3.63, 3.8) is 0 Å². The molecular formula is C11H13Cl2N3OS2. The van der Waals surface area contributed by atoms with Crippen LogP contribution in [0.4, 0.5) is 0 Å². The number of carbonyl (C=O) groups is 1. The molecule has 0 radical (unpaired) electrons. The Bertz CT molecular complexity index is 556. The van der Waals surface area contributed by atoms with Gasteiger partial charge in [0.1, 0.15) is 10.7 Å². The fraction of sp³-hybridized carbons (Fsp3) is 0.273. The molecule has 0 spiro atoms. The lowest BCUT2D eigenvalue weighted by molar-refractivity contribution is 0.0781. The van der Waals surface area contributed by atoms with E-state index in [1.165, 1.54) is 22.7 Å². The third kappa shape index (κ3) is 4.15. The highest BCUT2D eigenvalue weighted by Crippen LogP contribution is 2.23. The molecule has 0 saturated heterocycles. The van der Waals surface area contributed by atoms with Crippen LogP contribution < -0.4 is 5.73 Å². The van der Waals surface area contributed by atoms with Gasteiger partial charge in [0.15, 0.2) is 0 Å². The molecule has 0 atom stereocenters. The highest BCUT2D eigenvalue weighted by Gasteiger charge is 2.16. The second-order valence-electron chi connectivity index (χ2n) is 3.70. The van der Waals surface area contributed by atoms with Crippen molar-refractivity contribution in [2.75, 3.05) is 7.05 Å². The maximum Gasteiger partial charge on any atom is 0.273 e. The summed E-state index contributed by atoms with van der Waals surface area (Å²) in [6, 6.07) is 3.75. The zero-order valence-electron chi connectivity index (χ0n) is 10.1. The highest BCUT2D eigenvalue weighted by molar-refractivity contribution is 7.16. The Labute approximate surface area is 130 Å². The Morgan fingerprint density at radius 1 is 1.53 bits per heavy atom. The molecule has 0 unspecified atom stereocenters. The second-order valence-corrected chi connectivity index (χ2v) is 6.44. The van der Waals surface area contributed by atoms with E-state index in [0.717, 1.165) is 14.2 Å². The molecule has 0 aliphatic carbocycles. The molecule has 2 aromatic rings. The first kappa shape index (κ1) is 16.4. The minimum Gasteiger partial charge on any atom is -0.335 e. The van der Waals surface area contributed by atoms with Gasteiger partial charge in [0, 0.05) is 23.8 Å². The van der Waals surface area contributed by atoms with Crippen molar-refractivity contribution in [2.24, 2.45) is 5.73 Å². The third-order valence-electron chi connectivity index (χ3n) is 2.31. The molecule has 19 heavy (non-hydrogen) atoms. The third-order valence-corrected chi connectivity index (χ3v) is 4.40. The number of thiazole rings is 1. The lowest BCUT2D eigenvalue weighted by Gasteiger charge is -2.14. The normalized spacial score (nSPS) is 10.1. The summed E-state index contributed by atoms with van der Waals surface area (Å²) in [7, 11) is 1.75. The predicted octanol–water partition coefficient (Wildman–Crippen LogP) is 3.01. The Balaban J connectivity index is 0.00000180. The summed E-state index contributed by atoms with van der Waals surface area (Å²) in [5.41, 5.74) is 5.93. The Morgan fingerprint density at radius 3 is 2.79 bits per heavy atom. The van der Waals surface area contributed by atoms with Gasteiger partial charge < -0.3 is 10.6 Å². The largest absolute Gasteiger partial charge is 0.335 e. The van der Waals surface area contributed by atoms with Crippen LogP contribution in [0.3, 0.4) is 0 Å². The quantitative estimate of drug-likeness (QED) is 0.932. The molecule has 2 aromatic heterocycles. The van der Waals surface area contributed by atoms with Crippen LogP contribution in [0.25, 0.3) is 0 Å². The van der Waals surface area contributed by atoms with Crippen LogP contribution in [-0.4, -0.2) is 22.8 Å². The molecular weight excluding hydrogens is 325 g/mol. The number of carbonyl (C=O) groups excluding carboxylic acids is 1. The van der Waals surface area contributed by atoms with E-state index in [0.29, 0.717) is 18.8 Å². The molecule has 0 aliphatic rings. The summed E-state index contributed by atoms with van der Waals surface area (Å²) in [6.07, 6.45) is 0. The van der Waals surface area contributed by atoms with E-state index in [1.807, 2.05) is 12.1 Å². The van der Waals surface area contributed by atoms with Gasteiger partial charge in [-0.2, -0.15) is 0 Å². The summed E-state index contributed by atoms with van der Waals surface area (Å²) in [4.78, 5) is 18.9. The van der Waals surface area contributed by atoms with Crippen molar-refractivity contribution >= 4 is 52.6 Å². The zero-order valence-corrected chi connectivity index (χ0v) is 13.3. The molecule has 104 valence electrons. The van der Waals surface area contributed by atoms with Crippen molar-refractivity contribution in [3.05, 3.63) is 37.4 Å². The van der Waals surface area contributed by atoms with Crippen LogP contribution in [0, 0.1) is 0 Å². The van der Waals surface area contributed by atoms with Crippen LogP contribution in [0.5, 0.6) is 0 Å². The summed E-state index contributed by atoms with van der Waals surface area (Å²) in [5, 5.41) is 2.51. The summed E-state index contributed by atoms with van der Waals surface area (Å²) >= 11 is 8.73. The summed E-state index contributed by atoms with van der Waals surface area (Å²) in [6.45, 7) is 0.897. The highest BCUT2D eigenvalue weighted by atomic mass is 35.5. The van der Waals surface area contributed by atoms with Gasteiger partial charge >= 0.3 is 0 Å². The first-order valence-electron chi connectivity index (χ1n) is 5.24. The van der Waals surface area contributed by atoms with Crippen LogP contribution in [0.15, 0.2) is 17.5 Å². The number of nitrogens with two attached hydrogens (primary N) is 1. The van der Waals surface area contributed by atoms with Gasteiger partial charge in [-0.3, -0.25) is 4.79 Å². The number of nitrogens with zero attached hydrogens (tertiary/aromatic N) is 2. The molecule has 0 saturated carbocycles. The molecule has 8 heteroatoms. The van der Waals surface area contributed by atoms with E-state index >= 15 is 0 Å². The van der Waals surface area contributed by atoms with Crippen LogP contribution in [0.2, 0.25) is 4.34 Å². The lowest BCUT2D eigenvalue weighted by atomic mass is 10.4. The maximum absolute atomic E-state index is 12.1. The smallest absolute Gasteiger partial charge is 0.273 e. The maximum atomic E-state index is 12.1. The number of rotatable bonds is 4. The van der Waals surface area contributed by atoms with Gasteiger partial charge in [-0.05, 0) is 12.1 Å². The van der Waals surface area contributed by atoms with Crippen molar-refractivity contribution in [2.45, 2.75) is 13.1 Å². The van der Waals surface area contributed by atoms with E-state index in [1.54, 1.807) is 17.3 Å². The topological polar surface area (TPSA) is 59.2 Å². The molecule has 2 rings (SSSR count). The predicted molar refractivity (Wildman–Crippen MR) is 82.4 cm³/mol. The average Bonchev–Trinajstić information content (AvgIpc) is 2.97. The number of amides is 1. The van der Waals surface area contributed by atoms with E-state index in [-0.39, 0.29) is 18.3 Å². The minimum atomic E-state index is -0.101. The lowest BCUT2D eigenvalue weighted by Crippen LogP contribution is -2.26. The molecule has 4 nitrogen and oxygen atoms in total. The van der Waals surface area contributed by atoms with E-state index in [2.05, 4.69) is 4.98 Å². The molecule has 0 fully saturated rings. The molecule has 2 N–H and O–H groups in total. The minimum absolute atomic E-state index is 0. The Kier molecular flexibility index (Phi) is 6.22. The van der Waals surface area contributed by atoms with E-state index < -0.39 is 0 Å². The fourth-order valence-electron chi connectivity index (χ4n) is 1.44. The van der Waals surface area contributed by atoms with Crippen LogP contribution in [0.1, 0.15) is 20.4 Å². The van der Waals surface area contributed by atoms with E-state index in [4.69, 9.17) is 17.3 Å². The monoisotopic (exact) mass is 337 g/mol. The zero-order chi connectivity index (χ0) is 13.1. The number of hydrogen-bond acceptors (Lipinski definition) is 5. The molecule has 0 aliphatic heterocycles. The molecule has 1 amide bonds. The van der Waals surface area contributed by atoms with Crippen molar-refractivity contribution in [1.29, 1.82) is 0 Å². The molecule has 2 heterocycles. The van der Waals surface area contributed by atoms with Crippen molar-refractivity contribution < 1.29 is 4.79 Å². The number of halogens is 2.